The lowest BCUT2D eigenvalue weighted by Crippen LogP contribution is -2.18. The first kappa shape index (κ1) is 13.8. The van der Waals surface area contributed by atoms with Crippen LogP contribution in [0.15, 0.2) is 43.0 Å². The second-order valence-electron chi connectivity index (χ2n) is 5.84. The maximum Gasteiger partial charge on any atom is 0.220 e. The van der Waals surface area contributed by atoms with Gasteiger partial charge >= 0.3 is 0 Å². The van der Waals surface area contributed by atoms with E-state index < -0.39 is 0 Å². The lowest BCUT2D eigenvalue weighted by atomic mass is 10.1. The molecule has 3 aromatic rings. The van der Waals surface area contributed by atoms with Gasteiger partial charge < -0.3 is 9.88 Å². The molecule has 0 saturated carbocycles. The standard InChI is InChI=1S/C17H17N5O/c1-11-2-3-12(8-16(11)22-7-6-18-10-22)14-9-15(21-20-14)13-4-5-17(23)19-13/h2-3,6-10,13H,4-5H2,1H3,(H,19,23)(H,20,21)/t13-/m0/s1. The molecular weight excluding hydrogens is 290 g/mol. The molecule has 0 radical (unpaired) electrons. The van der Waals surface area contributed by atoms with Crippen LogP contribution in [-0.2, 0) is 4.79 Å². The summed E-state index contributed by atoms with van der Waals surface area (Å²) in [5.74, 6) is 0.101. The number of carbonyl (C=O) groups excluding carboxylic acids is 1. The van der Waals surface area contributed by atoms with Crippen LogP contribution in [0.5, 0.6) is 0 Å². The number of hydrogen-bond acceptors (Lipinski definition) is 3. The van der Waals surface area contributed by atoms with Gasteiger partial charge in [-0.2, -0.15) is 5.10 Å². The number of aromatic amines is 1. The van der Waals surface area contributed by atoms with Crippen molar-refractivity contribution in [1.29, 1.82) is 0 Å². The molecule has 1 aliphatic rings. The van der Waals surface area contributed by atoms with Crippen molar-refractivity contribution in [2.45, 2.75) is 25.8 Å². The summed E-state index contributed by atoms with van der Waals surface area (Å²) in [7, 11) is 0. The first-order valence-corrected chi connectivity index (χ1v) is 7.65. The molecule has 1 saturated heterocycles. The van der Waals surface area contributed by atoms with Gasteiger partial charge in [0, 0.05) is 24.4 Å². The molecule has 3 heterocycles. The summed E-state index contributed by atoms with van der Waals surface area (Å²) in [6, 6.07) is 8.30. The minimum Gasteiger partial charge on any atom is -0.348 e. The number of amides is 1. The summed E-state index contributed by atoms with van der Waals surface area (Å²) in [6.45, 7) is 2.07. The first-order chi connectivity index (χ1) is 11.2. The number of aryl methyl sites for hydroxylation is 1. The third kappa shape index (κ3) is 2.52. The van der Waals surface area contributed by atoms with Gasteiger partial charge in [-0.1, -0.05) is 12.1 Å². The van der Waals surface area contributed by atoms with Crippen molar-refractivity contribution in [3.63, 3.8) is 0 Å². The van der Waals surface area contributed by atoms with Crippen LogP contribution in [-0.4, -0.2) is 25.7 Å². The molecule has 6 nitrogen and oxygen atoms in total. The van der Waals surface area contributed by atoms with Crippen molar-refractivity contribution in [1.82, 2.24) is 25.1 Å². The van der Waals surface area contributed by atoms with E-state index in [1.165, 1.54) is 5.56 Å². The monoisotopic (exact) mass is 307 g/mol. The molecule has 1 amide bonds. The zero-order chi connectivity index (χ0) is 15.8. The van der Waals surface area contributed by atoms with Gasteiger partial charge in [0.2, 0.25) is 5.91 Å². The lowest BCUT2D eigenvalue weighted by Gasteiger charge is -2.08. The number of rotatable bonds is 3. The number of aromatic nitrogens is 4. The summed E-state index contributed by atoms with van der Waals surface area (Å²) >= 11 is 0. The molecule has 0 spiro atoms. The second-order valence-corrected chi connectivity index (χ2v) is 5.84. The minimum absolute atomic E-state index is 0.0438. The molecule has 0 unspecified atom stereocenters. The summed E-state index contributed by atoms with van der Waals surface area (Å²) in [5, 5.41) is 10.4. The predicted octanol–water partition coefficient (Wildman–Crippen LogP) is 2.52. The highest BCUT2D eigenvalue weighted by Gasteiger charge is 2.24. The number of hydrogen-bond donors (Lipinski definition) is 2. The van der Waals surface area contributed by atoms with E-state index in [1.807, 2.05) is 16.8 Å². The van der Waals surface area contributed by atoms with Crippen molar-refractivity contribution in [2.75, 3.05) is 0 Å². The smallest absolute Gasteiger partial charge is 0.220 e. The van der Waals surface area contributed by atoms with E-state index in [0.717, 1.165) is 29.1 Å². The maximum atomic E-state index is 11.4. The van der Waals surface area contributed by atoms with E-state index in [4.69, 9.17) is 0 Å². The summed E-state index contributed by atoms with van der Waals surface area (Å²) in [6.07, 6.45) is 6.87. The first-order valence-electron chi connectivity index (χ1n) is 7.65. The lowest BCUT2D eigenvalue weighted by molar-refractivity contribution is -0.119. The Morgan fingerprint density at radius 1 is 1.30 bits per heavy atom. The third-order valence-electron chi connectivity index (χ3n) is 4.26. The summed E-state index contributed by atoms with van der Waals surface area (Å²) < 4.78 is 1.99. The molecule has 116 valence electrons. The van der Waals surface area contributed by atoms with Crippen LogP contribution < -0.4 is 5.32 Å². The fraction of sp³-hybridized carbons (Fsp3) is 0.235. The zero-order valence-corrected chi connectivity index (χ0v) is 12.8. The van der Waals surface area contributed by atoms with E-state index >= 15 is 0 Å². The van der Waals surface area contributed by atoms with Gasteiger partial charge in [0.1, 0.15) is 0 Å². The Hall–Kier alpha value is -2.89. The molecule has 1 fully saturated rings. The van der Waals surface area contributed by atoms with Crippen LogP contribution in [0.2, 0.25) is 0 Å². The largest absolute Gasteiger partial charge is 0.348 e. The van der Waals surface area contributed by atoms with E-state index in [9.17, 15) is 4.79 Å². The number of H-pyrrole nitrogens is 1. The molecule has 1 aromatic carbocycles. The highest BCUT2D eigenvalue weighted by molar-refractivity contribution is 5.78. The Morgan fingerprint density at radius 3 is 2.96 bits per heavy atom. The Bertz CT molecular complexity index is 850. The number of nitrogens with zero attached hydrogens (tertiary/aromatic N) is 3. The topological polar surface area (TPSA) is 75.6 Å². The normalized spacial score (nSPS) is 17.4. The molecular formula is C17H17N5O. The van der Waals surface area contributed by atoms with Gasteiger partial charge in [-0.25, -0.2) is 4.98 Å². The van der Waals surface area contributed by atoms with Crippen LogP contribution in [0.3, 0.4) is 0 Å². The van der Waals surface area contributed by atoms with Gasteiger partial charge in [0.05, 0.1) is 29.4 Å². The number of imidazole rings is 1. The molecule has 0 aliphatic carbocycles. The molecule has 4 rings (SSSR count). The fourth-order valence-electron chi connectivity index (χ4n) is 2.96. The number of benzene rings is 1. The quantitative estimate of drug-likeness (QED) is 0.780. The van der Waals surface area contributed by atoms with Crippen LogP contribution in [0.4, 0.5) is 0 Å². The third-order valence-corrected chi connectivity index (χ3v) is 4.26. The van der Waals surface area contributed by atoms with E-state index in [2.05, 4.69) is 45.6 Å². The Balaban J connectivity index is 1.67. The highest BCUT2D eigenvalue weighted by Crippen LogP contribution is 2.28. The molecule has 2 aromatic heterocycles. The average Bonchev–Trinajstić information content (AvgIpc) is 3.28. The van der Waals surface area contributed by atoms with E-state index in [0.29, 0.717) is 6.42 Å². The van der Waals surface area contributed by atoms with Gasteiger partial charge in [-0.15, -0.1) is 0 Å². The van der Waals surface area contributed by atoms with Crippen LogP contribution in [0.1, 0.15) is 30.1 Å². The predicted molar refractivity (Wildman–Crippen MR) is 86.0 cm³/mol. The Labute approximate surface area is 133 Å². The Morgan fingerprint density at radius 2 is 2.22 bits per heavy atom. The van der Waals surface area contributed by atoms with E-state index in [1.54, 1.807) is 12.5 Å². The minimum atomic E-state index is 0.0438. The van der Waals surface area contributed by atoms with Crippen molar-refractivity contribution >= 4 is 5.91 Å². The highest BCUT2D eigenvalue weighted by atomic mass is 16.1. The molecule has 6 heteroatoms. The molecule has 0 bridgehead atoms. The average molecular weight is 307 g/mol. The van der Waals surface area contributed by atoms with E-state index in [-0.39, 0.29) is 11.9 Å². The van der Waals surface area contributed by atoms with Gasteiger partial charge in [0.15, 0.2) is 0 Å². The second kappa shape index (κ2) is 5.39. The Kier molecular flexibility index (Phi) is 3.22. The van der Waals surface area contributed by atoms with Crippen LogP contribution >= 0.6 is 0 Å². The van der Waals surface area contributed by atoms with Crippen molar-refractivity contribution in [3.05, 3.63) is 54.2 Å². The van der Waals surface area contributed by atoms with Gasteiger partial charge in [-0.05, 0) is 31.0 Å². The molecule has 1 atom stereocenters. The van der Waals surface area contributed by atoms with Crippen LogP contribution in [0, 0.1) is 6.92 Å². The number of nitrogens with one attached hydrogen (secondary N) is 2. The molecule has 23 heavy (non-hydrogen) atoms. The van der Waals surface area contributed by atoms with Crippen molar-refractivity contribution in [3.8, 4) is 16.9 Å². The summed E-state index contributed by atoms with van der Waals surface area (Å²) in [5.41, 5.74) is 5.12. The molecule has 2 N–H and O–H groups in total. The fourth-order valence-corrected chi connectivity index (χ4v) is 2.96. The maximum absolute atomic E-state index is 11.4. The van der Waals surface area contributed by atoms with Crippen molar-refractivity contribution < 1.29 is 4.79 Å². The van der Waals surface area contributed by atoms with Crippen molar-refractivity contribution in [2.24, 2.45) is 0 Å². The van der Waals surface area contributed by atoms with Gasteiger partial charge in [-0.3, -0.25) is 9.89 Å². The molecule has 1 aliphatic heterocycles. The summed E-state index contributed by atoms with van der Waals surface area (Å²) in [4.78, 5) is 15.5. The number of carbonyl (C=O) groups is 1. The zero-order valence-electron chi connectivity index (χ0n) is 12.8. The SMILES string of the molecule is Cc1ccc(-c2cc([C@@H]3CCC(=O)N3)[nH]n2)cc1-n1ccnc1. The van der Waals surface area contributed by atoms with Crippen LogP contribution in [0.25, 0.3) is 16.9 Å². The van der Waals surface area contributed by atoms with Gasteiger partial charge in [0.25, 0.3) is 0 Å².